The Kier molecular flexibility index (Phi) is 24.6. The number of likely N-dealkylation sites (N-methyl/N-ethyl adjacent to an activating group) is 1. The van der Waals surface area contributed by atoms with E-state index < -0.39 is 20.8 Å². The van der Waals surface area contributed by atoms with E-state index in [0.29, 0.717) is 31.0 Å². The number of ether oxygens (including phenoxy) is 1. The Balaban J connectivity index is 0.000000465. The first kappa shape index (κ1) is 58.1. The zero-order valence-corrected chi connectivity index (χ0v) is 41.2. The number of likely N-dealkylation sites (tertiary alicyclic amines) is 1. The van der Waals surface area contributed by atoms with Gasteiger partial charge < -0.3 is 30.8 Å². The summed E-state index contributed by atoms with van der Waals surface area (Å²) < 4.78 is 30.2. The van der Waals surface area contributed by atoms with Crippen molar-refractivity contribution in [2.24, 2.45) is 40.7 Å². The molecule has 0 radical (unpaired) electrons. The molecule has 0 spiro atoms. The Morgan fingerprint density at radius 3 is 2.14 bits per heavy atom. The number of rotatable bonds is 15. The summed E-state index contributed by atoms with van der Waals surface area (Å²) >= 11 is 0. The van der Waals surface area contributed by atoms with E-state index in [1.54, 1.807) is 26.0 Å². The number of nitrogens with one attached hydrogen (secondary N) is 3. The molecule has 1 saturated heterocycles. The molecule has 4 fully saturated rings. The van der Waals surface area contributed by atoms with Crippen molar-refractivity contribution in [2.45, 2.75) is 155 Å². The van der Waals surface area contributed by atoms with Gasteiger partial charge in [0, 0.05) is 18.5 Å². The number of aryl methyl sites for hydroxylation is 1. The molecule has 6 N–H and O–H groups in total. The summed E-state index contributed by atoms with van der Waals surface area (Å²) in [6, 6.07) is 4.84. The average molecular weight is 927 g/mol. The third-order valence-electron chi connectivity index (χ3n) is 13.1. The van der Waals surface area contributed by atoms with Crippen molar-refractivity contribution in [3.63, 3.8) is 0 Å². The summed E-state index contributed by atoms with van der Waals surface area (Å²) in [6.07, 6.45) is 30.7. The number of terminal acetylenes is 2. The lowest BCUT2D eigenvalue weighted by Crippen LogP contribution is -2.56. The molecule has 1 aromatic carbocycles. The second kappa shape index (κ2) is 27.5. The van der Waals surface area contributed by atoms with Crippen LogP contribution in [0.1, 0.15) is 138 Å². The van der Waals surface area contributed by atoms with Crippen LogP contribution in [0.25, 0.3) is 11.0 Å². The molecule has 16 heteroatoms. The molecule has 0 bridgehead atoms. The molecule has 3 saturated carbocycles. The topological polar surface area (TPSA) is 231 Å². The number of amides is 3. The molecule has 364 valence electrons. The highest BCUT2D eigenvalue weighted by molar-refractivity contribution is 7.91. The van der Waals surface area contributed by atoms with Gasteiger partial charge >= 0.3 is 0 Å². The monoisotopic (exact) mass is 927 g/mol. The highest BCUT2D eigenvalue weighted by Crippen LogP contribution is 2.44. The van der Waals surface area contributed by atoms with E-state index in [-0.39, 0.29) is 53.0 Å². The van der Waals surface area contributed by atoms with Gasteiger partial charge in [0.25, 0.3) is 12.0 Å². The number of carbonyl (C=O) groups excluding carboxylic acids is 3. The van der Waals surface area contributed by atoms with Gasteiger partial charge in [-0.3, -0.25) is 28.7 Å². The van der Waals surface area contributed by atoms with Gasteiger partial charge in [-0.25, -0.2) is 13.4 Å². The molecule has 1 aliphatic heterocycles. The predicted octanol–water partition coefficient (Wildman–Crippen LogP) is 6.43. The van der Waals surface area contributed by atoms with Gasteiger partial charge in [-0.15, -0.1) is 25.7 Å². The van der Waals surface area contributed by atoms with Crippen LogP contribution in [0.5, 0.6) is 5.75 Å². The van der Waals surface area contributed by atoms with E-state index in [1.165, 1.54) is 38.5 Å². The molecule has 3 amide bonds. The number of carbonyl (C=O) groups is 4. The number of methoxy groups -OCH3 is 1. The third kappa shape index (κ3) is 17.1. The molecular weight excluding hydrogens is 849 g/mol. The zero-order chi connectivity index (χ0) is 49.7. The molecule has 65 heavy (non-hydrogen) atoms. The Morgan fingerprint density at radius 2 is 1.66 bits per heavy atom. The average Bonchev–Trinajstić information content (AvgIpc) is 4.15. The van der Waals surface area contributed by atoms with E-state index in [2.05, 4.69) is 52.6 Å². The quantitative estimate of drug-likeness (QED) is 0.0742. The zero-order valence-electron chi connectivity index (χ0n) is 40.4. The molecule has 7 atom stereocenters. The fourth-order valence-corrected chi connectivity index (χ4v) is 10.0. The highest BCUT2D eigenvalue weighted by Gasteiger charge is 2.52. The molecule has 15 nitrogen and oxygen atoms in total. The number of aromatic amines is 1. The van der Waals surface area contributed by atoms with Crippen LogP contribution in [-0.4, -0.2) is 90.1 Å². The van der Waals surface area contributed by atoms with Gasteiger partial charge in [-0.2, -0.15) is 0 Å². The van der Waals surface area contributed by atoms with Crippen LogP contribution in [-0.2, 0) is 35.6 Å². The number of nitrogens with zero attached hydrogens (tertiary/aromatic N) is 2. The van der Waals surface area contributed by atoms with E-state index >= 15 is 0 Å². The second-order valence-electron chi connectivity index (χ2n) is 18.6. The normalized spacial score (nSPS) is 22.7. The largest absolute Gasteiger partial charge is 0.497 e. The molecule has 2 heterocycles. The lowest BCUT2D eigenvalue weighted by atomic mass is 9.85. The van der Waals surface area contributed by atoms with Crippen molar-refractivity contribution in [2.75, 3.05) is 20.7 Å². The fourth-order valence-electron chi connectivity index (χ4n) is 8.73. The Hall–Kier alpha value is -4.93. The van der Waals surface area contributed by atoms with Crippen LogP contribution in [0.3, 0.4) is 0 Å². The van der Waals surface area contributed by atoms with Crippen LogP contribution < -0.4 is 26.1 Å². The van der Waals surface area contributed by atoms with E-state index in [1.807, 2.05) is 52.8 Å². The molecule has 4 aliphatic rings. The van der Waals surface area contributed by atoms with Crippen molar-refractivity contribution < 1.29 is 37.4 Å². The van der Waals surface area contributed by atoms with Crippen molar-refractivity contribution in [1.29, 1.82) is 0 Å². The number of unbranched alkanes of at least 4 members (excludes halogenated alkanes) is 2. The minimum Gasteiger partial charge on any atom is -0.497 e. The fraction of sp³-hybridized carbons (Fsp3) is 0.673. The predicted molar refractivity (Wildman–Crippen MR) is 258 cm³/mol. The highest BCUT2D eigenvalue weighted by atomic mass is 32.2. The maximum Gasteiger partial charge on any atom is 0.290 e. The van der Waals surface area contributed by atoms with Crippen molar-refractivity contribution >= 4 is 45.3 Å². The number of nitrogens with two attached hydrogens (primary N) is 1. The van der Waals surface area contributed by atoms with Crippen molar-refractivity contribution in [1.82, 2.24) is 24.9 Å². The SMILES string of the molecule is C#C.C#C.CC[C@@H]1CCN(C(=O)[C@@H](NC)C(C)(C)C)[C@@H]1C(N)=O.CC[C@@H]1C[C@@H]1C(=O)NS(=O)(=O)C1(C)CC1.COc1ccc2nc(CCCCC[C@@H]3CCC[C@@H]3C)c(=O)[nH]c2c1.O=CO. The first-order chi connectivity index (χ1) is 30.7. The third-order valence-corrected chi connectivity index (χ3v) is 15.3. The van der Waals surface area contributed by atoms with Crippen LogP contribution >= 0.6 is 0 Å². The van der Waals surface area contributed by atoms with Gasteiger partial charge in [0.15, 0.2) is 0 Å². The minimum absolute atomic E-state index is 0.0187. The summed E-state index contributed by atoms with van der Waals surface area (Å²) in [4.78, 5) is 65.6. The maximum absolute atomic E-state index is 12.7. The van der Waals surface area contributed by atoms with Gasteiger partial charge in [-0.1, -0.05) is 92.9 Å². The lowest BCUT2D eigenvalue weighted by molar-refractivity contribution is -0.141. The maximum atomic E-state index is 12.7. The first-order valence-corrected chi connectivity index (χ1v) is 24.3. The summed E-state index contributed by atoms with van der Waals surface area (Å²) in [7, 11) is -0.0254. The number of H-pyrrole nitrogens is 1. The Morgan fingerprint density at radius 1 is 1.05 bits per heavy atom. The van der Waals surface area contributed by atoms with Crippen LogP contribution in [0, 0.1) is 60.7 Å². The van der Waals surface area contributed by atoms with Gasteiger partial charge in [0.05, 0.1) is 28.9 Å². The van der Waals surface area contributed by atoms with Crippen molar-refractivity contribution in [3.05, 3.63) is 34.2 Å². The molecule has 2 aromatic rings. The molecular formula is C49H78N6O9S. The number of carboxylic acid groups (broad SMARTS) is 1. The minimum atomic E-state index is -3.42. The lowest BCUT2D eigenvalue weighted by Gasteiger charge is -2.35. The van der Waals surface area contributed by atoms with E-state index in [9.17, 15) is 27.6 Å². The molecule has 1 aromatic heterocycles. The molecule has 3 aliphatic carbocycles. The van der Waals surface area contributed by atoms with Crippen LogP contribution in [0.4, 0.5) is 0 Å². The summed E-state index contributed by atoms with van der Waals surface area (Å²) in [5.74, 6) is 2.40. The number of fused-ring (bicyclic) bond motifs is 1. The number of hydrogen-bond donors (Lipinski definition) is 5. The number of aromatic nitrogens is 2. The smallest absolute Gasteiger partial charge is 0.290 e. The molecule has 6 rings (SSSR count). The first-order valence-electron chi connectivity index (χ1n) is 22.9. The summed E-state index contributed by atoms with van der Waals surface area (Å²) in [6.45, 7) is 14.6. The molecule has 0 unspecified atom stereocenters. The number of sulfonamides is 1. The van der Waals surface area contributed by atoms with Gasteiger partial charge in [0.2, 0.25) is 27.7 Å². The van der Waals surface area contributed by atoms with E-state index in [4.69, 9.17) is 20.4 Å². The van der Waals surface area contributed by atoms with E-state index in [0.717, 1.165) is 67.1 Å². The van der Waals surface area contributed by atoms with Crippen LogP contribution in [0.2, 0.25) is 0 Å². The Labute approximate surface area is 388 Å². The van der Waals surface area contributed by atoms with Crippen LogP contribution in [0.15, 0.2) is 23.0 Å². The summed E-state index contributed by atoms with van der Waals surface area (Å²) in [5.41, 5.74) is 7.44. The number of benzene rings is 1. The number of hydrogen-bond acceptors (Lipinski definition) is 10. The van der Waals surface area contributed by atoms with Gasteiger partial charge in [-0.05, 0) is 93.7 Å². The van der Waals surface area contributed by atoms with Crippen molar-refractivity contribution in [3.8, 4) is 31.4 Å². The van der Waals surface area contributed by atoms with Gasteiger partial charge in [0.1, 0.15) is 17.5 Å². The second-order valence-corrected chi connectivity index (χ2v) is 20.8. The standard InChI is InChI=1S/C20H28N2O2.C14H27N3O2.C10H17NO3S.2C2H2.CH2O2/c1-14-7-6-9-15(14)8-4-3-5-10-18-20(23)22-19-13-16(24-2)11-12-17(19)21-18;1-6-9-7-8-17(10(9)12(15)18)13(19)11(16-5)14(2,3)4;1-3-7-6-8(7)9(12)11-15(13,14)10(2)4-5-10;2*1-2;2-1-3/h11-15H,3-10H2,1-2H3,(H,22,23);9-11,16H,6-8H2,1-5H3,(H2,15,18);7-8H,3-6H2,1-2H3,(H,11,12);2*1-2H;1H,(H,2,3)/t14-,15+;9-,10+,11-;7-,8+;;;/m011.../s1. The number of primary amides is 1. The Bertz CT molecular complexity index is 2030. The summed E-state index contributed by atoms with van der Waals surface area (Å²) in [5, 5.41) is 9.96.